The van der Waals surface area contributed by atoms with Crippen molar-refractivity contribution in [1.82, 2.24) is 9.88 Å². The van der Waals surface area contributed by atoms with Crippen LogP contribution < -0.4 is 15.4 Å². The number of nitrogens with zero attached hydrogens (tertiary/aromatic N) is 3. The van der Waals surface area contributed by atoms with Gasteiger partial charge in [0.15, 0.2) is 0 Å². The van der Waals surface area contributed by atoms with Gasteiger partial charge in [0.25, 0.3) is 5.91 Å². The predicted molar refractivity (Wildman–Crippen MR) is 102 cm³/mol. The molecule has 3 aliphatic heterocycles. The number of methoxy groups -OCH3 is 1. The van der Waals surface area contributed by atoms with E-state index in [0.29, 0.717) is 41.4 Å². The number of carbonyl (C=O) groups excluding carboxylic acids is 2. The van der Waals surface area contributed by atoms with Crippen LogP contribution in [0.4, 0.5) is 5.69 Å². The summed E-state index contributed by atoms with van der Waals surface area (Å²) < 4.78 is 5.02. The van der Waals surface area contributed by atoms with Crippen LogP contribution in [0.5, 0.6) is 5.88 Å². The van der Waals surface area contributed by atoms with Gasteiger partial charge in [-0.1, -0.05) is 0 Å². The Hall–Kier alpha value is -2.85. The lowest BCUT2D eigenvalue weighted by Crippen LogP contribution is -2.68. The van der Waals surface area contributed by atoms with Crippen LogP contribution in [0.1, 0.15) is 6.42 Å². The molecule has 2 fully saturated rings. The fourth-order valence-corrected chi connectivity index (χ4v) is 4.76. The van der Waals surface area contributed by atoms with Crippen LogP contribution in [0.25, 0.3) is 0 Å². The Kier molecular flexibility index (Phi) is 4.60. The maximum absolute atomic E-state index is 12.8. The van der Waals surface area contributed by atoms with Crippen molar-refractivity contribution in [2.24, 2.45) is 5.73 Å². The minimum atomic E-state index is -1.20. The van der Waals surface area contributed by atoms with Crippen LogP contribution in [0.3, 0.4) is 0 Å². The molecule has 4 rings (SSSR count). The number of aliphatic carboxylic acids is 1. The molecule has 0 bridgehead atoms. The molecule has 9 nitrogen and oxygen atoms in total. The summed E-state index contributed by atoms with van der Waals surface area (Å²) in [5, 5.41) is 9.25. The quantitative estimate of drug-likeness (QED) is 0.545. The fourth-order valence-electron chi connectivity index (χ4n) is 3.51. The highest BCUT2D eigenvalue weighted by atomic mass is 32.2. The molecular weight excluding hydrogens is 384 g/mol. The molecule has 3 N–H and O–H groups in total. The summed E-state index contributed by atoms with van der Waals surface area (Å²) in [4.78, 5) is 43.5. The molecule has 0 radical (unpaired) electrons. The van der Waals surface area contributed by atoms with Gasteiger partial charge in [-0.25, -0.2) is 9.78 Å². The smallest absolute Gasteiger partial charge is 0.352 e. The summed E-state index contributed by atoms with van der Waals surface area (Å²) in [6.45, 7) is 0.470. The molecule has 2 saturated heterocycles. The Morgan fingerprint density at radius 2 is 2.21 bits per heavy atom. The van der Waals surface area contributed by atoms with Crippen molar-refractivity contribution in [2.75, 3.05) is 24.3 Å². The van der Waals surface area contributed by atoms with Gasteiger partial charge in [0.1, 0.15) is 17.1 Å². The molecule has 3 aliphatic rings. The van der Waals surface area contributed by atoms with Crippen molar-refractivity contribution >= 4 is 35.2 Å². The maximum Gasteiger partial charge on any atom is 0.352 e. The standard InChI is InChI=1S/C18H18N4O5S/c1-27-12-3-2-11(7-20-12)21-5-4-9(15(21)23)6-10-8-28-17-13(19)16(24)22(17)14(10)18(25)26/h2-3,6-7,13,17H,4-5,8,19H2,1H3,(H,25,26)/t13-,17-/m1/s1. The number of ether oxygens (including phenoxy) is 1. The van der Waals surface area contributed by atoms with Crippen LogP contribution >= 0.6 is 11.8 Å². The number of allylic oxidation sites excluding steroid dienone is 1. The highest BCUT2D eigenvalue weighted by molar-refractivity contribution is 8.00. The van der Waals surface area contributed by atoms with Gasteiger partial charge < -0.3 is 20.5 Å². The molecule has 4 heterocycles. The Labute approximate surface area is 164 Å². The lowest BCUT2D eigenvalue weighted by Gasteiger charge is -2.47. The first kappa shape index (κ1) is 18.5. The van der Waals surface area contributed by atoms with Gasteiger partial charge in [0.2, 0.25) is 11.8 Å². The second-order valence-electron chi connectivity index (χ2n) is 6.55. The molecule has 10 heteroatoms. The molecule has 0 aromatic carbocycles. The van der Waals surface area contributed by atoms with Gasteiger partial charge in [0, 0.05) is 23.9 Å². The number of β-lactam (4-membered cyclic amide) rings is 1. The molecule has 0 aliphatic carbocycles. The predicted octanol–water partition coefficient (Wildman–Crippen LogP) is 0.334. The second-order valence-corrected chi connectivity index (χ2v) is 7.65. The number of hydrogen-bond acceptors (Lipinski definition) is 7. The number of nitrogens with two attached hydrogens (primary N) is 1. The molecule has 146 valence electrons. The first-order valence-corrected chi connectivity index (χ1v) is 9.66. The molecule has 1 aromatic rings. The SMILES string of the molecule is COc1ccc(N2CCC(=CC3=C(C(=O)O)N4C(=O)[C@@H](N)[C@H]4SC3)C2=O)cn1. The molecular formula is C18H18N4O5S. The van der Waals surface area contributed by atoms with E-state index in [-0.39, 0.29) is 17.0 Å². The van der Waals surface area contributed by atoms with E-state index in [9.17, 15) is 19.5 Å². The summed E-state index contributed by atoms with van der Waals surface area (Å²) in [7, 11) is 1.51. The summed E-state index contributed by atoms with van der Waals surface area (Å²) in [5.41, 5.74) is 7.27. The van der Waals surface area contributed by atoms with Crippen molar-refractivity contribution in [3.05, 3.63) is 41.2 Å². The number of carbonyl (C=O) groups is 3. The number of anilines is 1. The molecule has 0 spiro atoms. The molecule has 1 aromatic heterocycles. The van der Waals surface area contributed by atoms with Crippen LogP contribution in [0.2, 0.25) is 0 Å². The average molecular weight is 402 g/mol. The van der Waals surface area contributed by atoms with E-state index in [1.807, 2.05) is 0 Å². The molecule has 2 amide bonds. The Morgan fingerprint density at radius 1 is 1.43 bits per heavy atom. The third kappa shape index (κ3) is 2.85. The fraction of sp³-hybridized carbons (Fsp3) is 0.333. The Balaban J connectivity index is 1.62. The highest BCUT2D eigenvalue weighted by Gasteiger charge is 2.51. The number of thioether (sulfide) groups is 1. The van der Waals surface area contributed by atoms with Gasteiger partial charge in [-0.3, -0.25) is 14.5 Å². The van der Waals surface area contributed by atoms with E-state index in [1.54, 1.807) is 29.3 Å². The van der Waals surface area contributed by atoms with Crippen LogP contribution in [0.15, 0.2) is 41.2 Å². The summed E-state index contributed by atoms with van der Waals surface area (Å²) in [5.74, 6) is -0.977. The van der Waals surface area contributed by atoms with Crippen LogP contribution in [-0.4, -0.2) is 63.6 Å². The maximum atomic E-state index is 12.8. The minimum absolute atomic E-state index is 0.0830. The van der Waals surface area contributed by atoms with Crippen molar-refractivity contribution in [3.63, 3.8) is 0 Å². The summed E-state index contributed by atoms with van der Waals surface area (Å²) in [6.07, 6.45) is 3.63. The largest absolute Gasteiger partial charge is 0.481 e. The first-order chi connectivity index (χ1) is 13.4. The first-order valence-electron chi connectivity index (χ1n) is 8.61. The number of carboxylic acids is 1. The van der Waals surface area contributed by atoms with E-state index in [0.717, 1.165) is 0 Å². The van der Waals surface area contributed by atoms with Gasteiger partial charge in [-0.05, 0) is 24.1 Å². The number of aromatic nitrogens is 1. The average Bonchev–Trinajstić information content (AvgIpc) is 3.07. The Bertz CT molecular complexity index is 926. The zero-order valence-electron chi connectivity index (χ0n) is 15.0. The number of pyridine rings is 1. The van der Waals surface area contributed by atoms with Crippen LogP contribution in [-0.2, 0) is 14.4 Å². The van der Waals surface area contributed by atoms with Crippen molar-refractivity contribution in [1.29, 1.82) is 0 Å². The number of carboxylic acid groups (broad SMARTS) is 1. The Morgan fingerprint density at radius 3 is 2.86 bits per heavy atom. The third-order valence-electron chi connectivity index (χ3n) is 4.96. The van der Waals surface area contributed by atoms with Crippen LogP contribution in [0, 0.1) is 0 Å². The van der Waals surface area contributed by atoms with Crippen molar-refractivity contribution in [3.8, 4) is 5.88 Å². The third-order valence-corrected chi connectivity index (χ3v) is 6.28. The molecule has 0 unspecified atom stereocenters. The number of amides is 2. The number of hydrogen-bond donors (Lipinski definition) is 2. The van der Waals surface area contributed by atoms with E-state index in [4.69, 9.17) is 10.5 Å². The van der Waals surface area contributed by atoms with Gasteiger partial charge in [-0.2, -0.15) is 0 Å². The van der Waals surface area contributed by atoms with E-state index >= 15 is 0 Å². The van der Waals surface area contributed by atoms with Gasteiger partial charge in [0.05, 0.1) is 19.0 Å². The highest BCUT2D eigenvalue weighted by Crippen LogP contribution is 2.40. The zero-order chi connectivity index (χ0) is 20.0. The van der Waals surface area contributed by atoms with Crippen molar-refractivity contribution < 1.29 is 24.2 Å². The van der Waals surface area contributed by atoms with Gasteiger partial charge in [-0.15, -0.1) is 11.8 Å². The van der Waals surface area contributed by atoms with E-state index in [1.165, 1.54) is 23.8 Å². The summed E-state index contributed by atoms with van der Waals surface area (Å²) in [6, 6.07) is 2.74. The van der Waals surface area contributed by atoms with Gasteiger partial charge >= 0.3 is 5.97 Å². The number of rotatable bonds is 4. The summed E-state index contributed by atoms with van der Waals surface area (Å²) >= 11 is 1.41. The molecule has 28 heavy (non-hydrogen) atoms. The monoisotopic (exact) mass is 402 g/mol. The van der Waals surface area contributed by atoms with Crippen molar-refractivity contribution in [2.45, 2.75) is 17.8 Å². The normalized spacial score (nSPS) is 25.9. The second kappa shape index (κ2) is 6.95. The van der Waals surface area contributed by atoms with E-state index in [2.05, 4.69) is 4.98 Å². The van der Waals surface area contributed by atoms with E-state index < -0.39 is 17.9 Å². The topological polar surface area (TPSA) is 126 Å². The minimum Gasteiger partial charge on any atom is -0.481 e. The molecule has 0 saturated carbocycles. The lowest BCUT2D eigenvalue weighted by atomic mass is 10.0. The zero-order valence-corrected chi connectivity index (χ0v) is 15.8. The molecule has 2 atom stereocenters. The number of fused-ring (bicyclic) bond motifs is 1. The lowest BCUT2D eigenvalue weighted by molar-refractivity contribution is -0.147.